The van der Waals surface area contributed by atoms with Gasteiger partial charge < -0.3 is 14.2 Å². The summed E-state index contributed by atoms with van der Waals surface area (Å²) in [6, 6.07) is 15.2. The third-order valence-corrected chi connectivity index (χ3v) is 7.19. The van der Waals surface area contributed by atoms with E-state index in [1.165, 1.54) is 6.08 Å². The SMILES string of the molecule is CCCOc1ccc(CN2C(=O)NC(=O)/C(=C\c3cc(Br)cc(Br)c3OCc3cccc(Cl)c3)C2=O)cc1OCC. The Bertz CT molecular complexity index is 1510. The number of imide groups is 2. The second kappa shape index (κ2) is 14.0. The van der Waals surface area contributed by atoms with Crippen LogP contribution in [-0.4, -0.2) is 36.0 Å². The highest BCUT2D eigenvalue weighted by Gasteiger charge is 2.36. The molecule has 1 fully saturated rings. The van der Waals surface area contributed by atoms with Crippen LogP contribution in [0.1, 0.15) is 37.0 Å². The summed E-state index contributed by atoms with van der Waals surface area (Å²) >= 11 is 13.1. The molecule has 0 unspecified atom stereocenters. The zero-order chi connectivity index (χ0) is 29.5. The monoisotopic (exact) mass is 704 g/mol. The Hall–Kier alpha value is -3.34. The average Bonchev–Trinajstić information content (AvgIpc) is 2.92. The molecule has 0 aromatic heterocycles. The summed E-state index contributed by atoms with van der Waals surface area (Å²) in [5.74, 6) is -0.0380. The summed E-state index contributed by atoms with van der Waals surface area (Å²) < 4.78 is 18.8. The van der Waals surface area contributed by atoms with E-state index in [0.29, 0.717) is 55.6 Å². The molecule has 1 aliphatic rings. The van der Waals surface area contributed by atoms with E-state index in [0.717, 1.165) is 16.9 Å². The number of amides is 4. The highest BCUT2D eigenvalue weighted by Crippen LogP contribution is 2.36. The standard InChI is InChI=1S/C30H27Br2ClN2O6/c1-3-10-40-25-9-8-18(12-26(25)39-4-2)16-35-29(37)23(28(36)34-30(35)38)14-20-13-21(31)15-24(32)27(20)41-17-19-6-5-7-22(33)11-19/h5-9,11-15H,3-4,10,16-17H2,1-2H3,(H,34,36,38)/b23-14+. The third-order valence-electron chi connectivity index (χ3n) is 5.91. The van der Waals surface area contributed by atoms with Crippen LogP contribution >= 0.6 is 43.5 Å². The van der Waals surface area contributed by atoms with Gasteiger partial charge in [0.1, 0.15) is 17.9 Å². The van der Waals surface area contributed by atoms with Crippen molar-refractivity contribution in [1.82, 2.24) is 10.2 Å². The van der Waals surface area contributed by atoms with Gasteiger partial charge >= 0.3 is 6.03 Å². The summed E-state index contributed by atoms with van der Waals surface area (Å²) in [4.78, 5) is 40.1. The summed E-state index contributed by atoms with van der Waals surface area (Å²) in [5, 5.41) is 2.84. The lowest BCUT2D eigenvalue weighted by Crippen LogP contribution is -2.53. The fraction of sp³-hybridized carbons (Fsp3) is 0.233. The van der Waals surface area contributed by atoms with Crippen molar-refractivity contribution in [2.45, 2.75) is 33.4 Å². The normalized spacial score (nSPS) is 14.3. The van der Waals surface area contributed by atoms with E-state index in [1.54, 1.807) is 42.5 Å². The van der Waals surface area contributed by atoms with Gasteiger partial charge in [0, 0.05) is 15.1 Å². The minimum absolute atomic E-state index is 0.0796. The van der Waals surface area contributed by atoms with E-state index in [2.05, 4.69) is 37.2 Å². The fourth-order valence-corrected chi connectivity index (χ4v) is 5.63. The van der Waals surface area contributed by atoms with Crippen LogP contribution in [0.15, 0.2) is 69.1 Å². The molecule has 0 bridgehead atoms. The van der Waals surface area contributed by atoms with Crippen molar-refractivity contribution < 1.29 is 28.6 Å². The van der Waals surface area contributed by atoms with Gasteiger partial charge in [-0.25, -0.2) is 4.79 Å². The number of rotatable bonds is 11. The number of nitrogens with one attached hydrogen (secondary N) is 1. The van der Waals surface area contributed by atoms with Crippen LogP contribution in [0.4, 0.5) is 4.79 Å². The number of barbiturate groups is 1. The number of carbonyl (C=O) groups is 3. The number of carbonyl (C=O) groups excluding carboxylic acids is 3. The van der Waals surface area contributed by atoms with Crippen LogP contribution in [0.3, 0.4) is 0 Å². The maximum Gasteiger partial charge on any atom is 0.331 e. The molecule has 214 valence electrons. The molecule has 0 radical (unpaired) electrons. The minimum Gasteiger partial charge on any atom is -0.490 e. The van der Waals surface area contributed by atoms with Gasteiger partial charge in [0.15, 0.2) is 11.5 Å². The lowest BCUT2D eigenvalue weighted by molar-refractivity contribution is -0.130. The average molecular weight is 707 g/mol. The zero-order valence-corrected chi connectivity index (χ0v) is 26.3. The minimum atomic E-state index is -0.811. The van der Waals surface area contributed by atoms with Gasteiger partial charge in [0.2, 0.25) is 0 Å². The van der Waals surface area contributed by atoms with Gasteiger partial charge in [0.05, 0.1) is 24.2 Å². The molecule has 3 aromatic carbocycles. The van der Waals surface area contributed by atoms with E-state index in [4.69, 9.17) is 25.8 Å². The van der Waals surface area contributed by atoms with Crippen LogP contribution in [0.25, 0.3) is 6.08 Å². The maximum atomic E-state index is 13.5. The number of hydrogen-bond donors (Lipinski definition) is 1. The molecular formula is C30H27Br2ClN2O6. The van der Waals surface area contributed by atoms with Gasteiger partial charge in [0.25, 0.3) is 11.8 Å². The number of benzene rings is 3. The van der Waals surface area contributed by atoms with Crippen molar-refractivity contribution in [3.05, 3.63) is 90.8 Å². The van der Waals surface area contributed by atoms with E-state index in [9.17, 15) is 14.4 Å². The van der Waals surface area contributed by atoms with Crippen LogP contribution in [0, 0.1) is 0 Å². The lowest BCUT2D eigenvalue weighted by Gasteiger charge is -2.27. The Balaban J connectivity index is 1.63. The highest BCUT2D eigenvalue weighted by atomic mass is 79.9. The van der Waals surface area contributed by atoms with Gasteiger partial charge in [-0.15, -0.1) is 0 Å². The Morgan fingerprint density at radius 1 is 0.927 bits per heavy atom. The van der Waals surface area contributed by atoms with E-state index >= 15 is 0 Å². The maximum absolute atomic E-state index is 13.5. The van der Waals surface area contributed by atoms with Crippen molar-refractivity contribution in [2.24, 2.45) is 0 Å². The molecule has 0 saturated carbocycles. The molecule has 0 aliphatic carbocycles. The Kier molecular flexibility index (Phi) is 10.5. The fourth-order valence-electron chi connectivity index (χ4n) is 4.05. The highest BCUT2D eigenvalue weighted by molar-refractivity contribution is 9.11. The molecule has 1 N–H and O–H groups in total. The van der Waals surface area contributed by atoms with Crippen molar-refractivity contribution in [3.8, 4) is 17.2 Å². The summed E-state index contributed by atoms with van der Waals surface area (Å²) in [7, 11) is 0. The third kappa shape index (κ3) is 7.69. The van der Waals surface area contributed by atoms with Crippen molar-refractivity contribution in [2.75, 3.05) is 13.2 Å². The summed E-state index contributed by atoms with van der Waals surface area (Å²) in [6.45, 7) is 4.92. The lowest BCUT2D eigenvalue weighted by atomic mass is 10.1. The molecular weight excluding hydrogens is 680 g/mol. The molecule has 4 rings (SSSR count). The van der Waals surface area contributed by atoms with Crippen LogP contribution < -0.4 is 19.5 Å². The summed E-state index contributed by atoms with van der Waals surface area (Å²) in [5.41, 5.74) is 1.71. The Morgan fingerprint density at radius 3 is 2.46 bits per heavy atom. The number of nitrogens with zero attached hydrogens (tertiary/aromatic N) is 1. The van der Waals surface area contributed by atoms with E-state index in [-0.39, 0.29) is 18.7 Å². The molecule has 1 heterocycles. The van der Waals surface area contributed by atoms with Crippen LogP contribution in [0.5, 0.6) is 17.2 Å². The zero-order valence-electron chi connectivity index (χ0n) is 22.3. The first kappa shape index (κ1) is 30.6. The van der Waals surface area contributed by atoms with Gasteiger partial charge in [-0.1, -0.05) is 52.7 Å². The molecule has 1 aliphatic heterocycles. The smallest absolute Gasteiger partial charge is 0.331 e. The first-order valence-corrected chi connectivity index (χ1v) is 14.8. The quantitative estimate of drug-likeness (QED) is 0.166. The predicted octanol–water partition coefficient (Wildman–Crippen LogP) is 7.29. The molecule has 4 amide bonds. The van der Waals surface area contributed by atoms with E-state index in [1.807, 2.05) is 26.0 Å². The molecule has 11 heteroatoms. The van der Waals surface area contributed by atoms with Gasteiger partial charge in [-0.2, -0.15) is 0 Å². The van der Waals surface area contributed by atoms with Crippen molar-refractivity contribution in [1.29, 1.82) is 0 Å². The Morgan fingerprint density at radius 2 is 1.73 bits per heavy atom. The molecule has 0 spiro atoms. The molecule has 41 heavy (non-hydrogen) atoms. The number of hydrogen-bond acceptors (Lipinski definition) is 6. The second-order valence-electron chi connectivity index (χ2n) is 9.00. The number of ether oxygens (including phenoxy) is 3. The van der Waals surface area contributed by atoms with Gasteiger partial charge in [-0.3, -0.25) is 19.8 Å². The molecule has 8 nitrogen and oxygen atoms in total. The van der Waals surface area contributed by atoms with Crippen molar-refractivity contribution in [3.63, 3.8) is 0 Å². The van der Waals surface area contributed by atoms with Crippen molar-refractivity contribution >= 4 is 67.4 Å². The van der Waals surface area contributed by atoms with E-state index < -0.39 is 17.8 Å². The van der Waals surface area contributed by atoms with Gasteiger partial charge in [-0.05, 0) is 82.9 Å². The Labute approximate surface area is 259 Å². The van der Waals surface area contributed by atoms with Crippen LogP contribution in [0.2, 0.25) is 5.02 Å². The van der Waals surface area contributed by atoms with Crippen LogP contribution in [-0.2, 0) is 22.7 Å². The number of urea groups is 1. The number of halogens is 3. The first-order valence-electron chi connectivity index (χ1n) is 12.8. The topological polar surface area (TPSA) is 94.2 Å². The second-order valence-corrected chi connectivity index (χ2v) is 11.2. The molecule has 0 atom stereocenters. The molecule has 1 saturated heterocycles. The largest absolute Gasteiger partial charge is 0.490 e. The summed E-state index contributed by atoms with van der Waals surface area (Å²) in [6.07, 6.45) is 2.24. The predicted molar refractivity (Wildman–Crippen MR) is 163 cm³/mol. The first-order chi connectivity index (χ1) is 19.7. The molecule has 3 aromatic rings.